The van der Waals surface area contributed by atoms with Gasteiger partial charge < -0.3 is 9.64 Å². The zero-order valence-corrected chi connectivity index (χ0v) is 19.0. The van der Waals surface area contributed by atoms with Crippen molar-refractivity contribution in [1.29, 1.82) is 0 Å². The Kier molecular flexibility index (Phi) is 6.08. The van der Waals surface area contributed by atoms with Gasteiger partial charge in [-0.05, 0) is 55.3 Å². The van der Waals surface area contributed by atoms with Crippen LogP contribution in [0, 0.1) is 5.82 Å². The van der Waals surface area contributed by atoms with Crippen LogP contribution >= 0.6 is 11.6 Å². The molecule has 0 saturated carbocycles. The summed E-state index contributed by atoms with van der Waals surface area (Å²) in [6.07, 6.45) is 6.26. The van der Waals surface area contributed by atoms with Crippen molar-refractivity contribution in [2.24, 2.45) is 0 Å². The van der Waals surface area contributed by atoms with Gasteiger partial charge in [-0.25, -0.2) is 4.39 Å². The van der Waals surface area contributed by atoms with Gasteiger partial charge in [-0.2, -0.15) is 30.0 Å². The molecule has 4 aromatic rings. The normalized spacial score (nSPS) is 18.3. The largest absolute Gasteiger partial charge is 0.375 e. The van der Waals surface area contributed by atoms with Crippen LogP contribution in [0.3, 0.4) is 0 Å². The van der Waals surface area contributed by atoms with E-state index in [1.165, 1.54) is 28.1 Å². The third-order valence-electron chi connectivity index (χ3n) is 5.69. The first-order valence-electron chi connectivity index (χ1n) is 10.7. The molecule has 0 aliphatic carbocycles. The van der Waals surface area contributed by atoms with Gasteiger partial charge in [0.25, 0.3) is 5.91 Å². The van der Waals surface area contributed by atoms with Crippen molar-refractivity contribution in [3.8, 4) is 11.4 Å². The highest BCUT2D eigenvalue weighted by Crippen LogP contribution is 2.25. The fourth-order valence-electron chi connectivity index (χ4n) is 4.05. The maximum Gasteiger partial charge on any atom is 0.256 e. The lowest BCUT2D eigenvalue weighted by atomic mass is 10.0. The predicted octanol–water partition coefficient (Wildman–Crippen LogP) is 3.11. The molecule has 2 atom stereocenters. The lowest BCUT2D eigenvalue weighted by Crippen LogP contribution is -2.52. The van der Waals surface area contributed by atoms with Gasteiger partial charge >= 0.3 is 0 Å². The molecule has 1 saturated heterocycles. The summed E-state index contributed by atoms with van der Waals surface area (Å²) < 4.78 is 20.6. The molecule has 1 fully saturated rings. The lowest BCUT2D eigenvalue weighted by molar-refractivity contribution is -0.0435. The number of ether oxygens (including phenoxy) is 1. The highest BCUT2D eigenvalue weighted by atomic mass is 35.5. The number of aromatic nitrogens is 6. The first-order chi connectivity index (χ1) is 16.5. The maximum absolute atomic E-state index is 14.8. The van der Waals surface area contributed by atoms with Crippen LogP contribution in [0.2, 0.25) is 5.02 Å². The summed E-state index contributed by atoms with van der Waals surface area (Å²) in [7, 11) is 0. The van der Waals surface area contributed by atoms with E-state index in [4.69, 9.17) is 16.3 Å². The second-order valence-electron chi connectivity index (χ2n) is 8.03. The van der Waals surface area contributed by atoms with Gasteiger partial charge in [0, 0.05) is 11.6 Å². The van der Waals surface area contributed by atoms with Gasteiger partial charge in [-0.3, -0.25) is 4.79 Å². The Labute approximate surface area is 199 Å². The first-order valence-corrected chi connectivity index (χ1v) is 11.1. The monoisotopic (exact) mass is 481 g/mol. The smallest absolute Gasteiger partial charge is 0.256 e. The Morgan fingerprint density at radius 2 is 1.76 bits per heavy atom. The number of amides is 1. The molecule has 0 N–H and O–H groups in total. The van der Waals surface area contributed by atoms with Gasteiger partial charge in [0.05, 0.1) is 60.5 Å². The molecule has 0 bridgehead atoms. The highest BCUT2D eigenvalue weighted by Gasteiger charge is 2.33. The molecule has 11 heteroatoms. The van der Waals surface area contributed by atoms with Crippen molar-refractivity contribution < 1.29 is 13.9 Å². The van der Waals surface area contributed by atoms with Crippen LogP contribution in [0.15, 0.2) is 61.2 Å². The van der Waals surface area contributed by atoms with E-state index < -0.39 is 0 Å². The van der Waals surface area contributed by atoms with Gasteiger partial charge in [0.15, 0.2) is 0 Å². The van der Waals surface area contributed by atoms with Crippen LogP contribution in [0.1, 0.15) is 22.8 Å². The van der Waals surface area contributed by atoms with E-state index in [0.717, 1.165) is 0 Å². The number of benzene rings is 2. The fourth-order valence-corrected chi connectivity index (χ4v) is 4.22. The first kappa shape index (κ1) is 22.2. The molecule has 1 aliphatic heterocycles. The Morgan fingerprint density at radius 3 is 2.50 bits per heavy atom. The second kappa shape index (κ2) is 9.32. The Bertz CT molecular complexity index is 1300. The molecule has 0 unspecified atom stereocenters. The van der Waals surface area contributed by atoms with Crippen LogP contribution < -0.4 is 0 Å². The van der Waals surface area contributed by atoms with Crippen molar-refractivity contribution in [1.82, 2.24) is 34.9 Å². The minimum atomic E-state index is -0.381. The van der Waals surface area contributed by atoms with Crippen LogP contribution in [-0.4, -0.2) is 66.1 Å². The van der Waals surface area contributed by atoms with E-state index in [-0.39, 0.29) is 36.9 Å². The van der Waals surface area contributed by atoms with Crippen LogP contribution in [0.5, 0.6) is 0 Å². The third kappa shape index (κ3) is 4.42. The molecule has 2 aromatic heterocycles. The molecule has 0 radical (unpaired) electrons. The van der Waals surface area contributed by atoms with E-state index in [1.807, 2.05) is 6.92 Å². The summed E-state index contributed by atoms with van der Waals surface area (Å²) in [4.78, 5) is 18.3. The number of hydrogen-bond acceptors (Lipinski definition) is 6. The number of morpholine rings is 1. The molecule has 1 amide bonds. The summed E-state index contributed by atoms with van der Waals surface area (Å²) >= 11 is 6.19. The Hall–Kier alpha value is -3.63. The van der Waals surface area contributed by atoms with Gasteiger partial charge in [-0.1, -0.05) is 11.6 Å². The lowest BCUT2D eigenvalue weighted by Gasteiger charge is -2.39. The fraction of sp³-hybridized carbons (Fsp3) is 0.261. The molecular weight excluding hydrogens is 461 g/mol. The molecular formula is C23H21ClFN7O2. The molecule has 9 nitrogen and oxygen atoms in total. The summed E-state index contributed by atoms with van der Waals surface area (Å²) in [5.74, 6) is -0.593. The van der Waals surface area contributed by atoms with Crippen LogP contribution in [-0.2, 0) is 11.2 Å². The van der Waals surface area contributed by atoms with Crippen molar-refractivity contribution in [2.75, 3.05) is 13.2 Å². The van der Waals surface area contributed by atoms with Crippen molar-refractivity contribution >= 4 is 17.5 Å². The average molecular weight is 482 g/mol. The van der Waals surface area contributed by atoms with Gasteiger partial charge in [-0.15, -0.1) is 0 Å². The van der Waals surface area contributed by atoms with E-state index >= 15 is 0 Å². The molecule has 3 heterocycles. The van der Waals surface area contributed by atoms with E-state index in [2.05, 4.69) is 20.4 Å². The summed E-state index contributed by atoms with van der Waals surface area (Å²) in [6, 6.07) is 9.26. The molecule has 2 aromatic carbocycles. The molecule has 34 heavy (non-hydrogen) atoms. The van der Waals surface area contributed by atoms with Gasteiger partial charge in [0.2, 0.25) is 0 Å². The number of nitrogens with zero attached hydrogens (tertiary/aromatic N) is 7. The number of hydrogen-bond donors (Lipinski definition) is 0. The minimum Gasteiger partial charge on any atom is -0.375 e. The predicted molar refractivity (Wildman–Crippen MR) is 122 cm³/mol. The van der Waals surface area contributed by atoms with E-state index in [0.29, 0.717) is 34.1 Å². The van der Waals surface area contributed by atoms with Crippen LogP contribution in [0.4, 0.5) is 4.39 Å². The second-order valence-corrected chi connectivity index (χ2v) is 8.47. The Morgan fingerprint density at radius 1 is 1.06 bits per heavy atom. The van der Waals surface area contributed by atoms with E-state index in [1.54, 1.807) is 47.6 Å². The molecule has 0 spiro atoms. The summed E-state index contributed by atoms with van der Waals surface area (Å²) in [5, 5.41) is 17.0. The summed E-state index contributed by atoms with van der Waals surface area (Å²) in [5.41, 5.74) is 1.95. The van der Waals surface area contributed by atoms with Gasteiger partial charge in [0.1, 0.15) is 5.82 Å². The standard InChI is InChI=1S/C23H21ClFN7O2/c1-15-13-30(23(33)20-4-2-17(24)12-22(20)32-28-8-9-29-32)19(14-34-15)11-16-10-18(3-5-21(16)25)31-26-6-7-27-31/h2-10,12,15,19H,11,13-14H2,1H3/t15-,19-/m1/s1. The number of rotatable bonds is 5. The van der Waals surface area contributed by atoms with Crippen LogP contribution in [0.25, 0.3) is 11.4 Å². The molecule has 1 aliphatic rings. The zero-order chi connectivity index (χ0) is 23.7. The summed E-state index contributed by atoms with van der Waals surface area (Å²) in [6.45, 7) is 2.54. The van der Waals surface area contributed by atoms with Crippen molar-refractivity contribution in [2.45, 2.75) is 25.5 Å². The van der Waals surface area contributed by atoms with E-state index in [9.17, 15) is 9.18 Å². The minimum absolute atomic E-state index is 0.164. The quantitative estimate of drug-likeness (QED) is 0.435. The number of halogens is 2. The third-order valence-corrected chi connectivity index (χ3v) is 5.92. The molecule has 174 valence electrons. The average Bonchev–Trinajstić information content (AvgIpc) is 3.56. The molecule has 5 rings (SSSR count). The van der Waals surface area contributed by atoms with Crippen molar-refractivity contribution in [3.05, 3.63) is 83.2 Å². The Balaban J connectivity index is 1.47. The maximum atomic E-state index is 14.8. The number of carbonyl (C=O) groups is 1. The highest BCUT2D eigenvalue weighted by molar-refractivity contribution is 6.31. The zero-order valence-electron chi connectivity index (χ0n) is 18.3. The topological polar surface area (TPSA) is 91.0 Å². The number of carbonyl (C=O) groups excluding carboxylic acids is 1. The van der Waals surface area contributed by atoms with Crippen molar-refractivity contribution in [3.63, 3.8) is 0 Å². The SMILES string of the molecule is C[C@@H]1CN(C(=O)c2ccc(Cl)cc2-n2nccn2)[C@H](Cc2cc(-n3nccn3)ccc2F)CO1.